The van der Waals surface area contributed by atoms with Crippen molar-refractivity contribution in [1.82, 2.24) is 15.6 Å². The Kier molecular flexibility index (Phi) is 3.87. The summed E-state index contributed by atoms with van der Waals surface area (Å²) in [7, 11) is 0. The normalized spacial score (nSPS) is 21.0. The van der Waals surface area contributed by atoms with E-state index in [1.54, 1.807) is 6.92 Å². The zero-order valence-electron chi connectivity index (χ0n) is 10.1. The summed E-state index contributed by atoms with van der Waals surface area (Å²) in [5.74, 6) is 0. The van der Waals surface area contributed by atoms with Gasteiger partial charge in [-0.15, -0.1) is 0 Å². The predicted octanol–water partition coefficient (Wildman–Crippen LogP) is 1.51. The van der Waals surface area contributed by atoms with Crippen molar-refractivity contribution in [2.75, 3.05) is 19.6 Å². The number of nitrogens with zero attached hydrogens (tertiary/aromatic N) is 1. The fourth-order valence-electron chi connectivity index (χ4n) is 2.08. The summed E-state index contributed by atoms with van der Waals surface area (Å²) in [4.78, 5) is 3.50. The molecule has 3 nitrogen and oxygen atoms in total. The second kappa shape index (κ2) is 5.24. The monoisotopic (exact) mass is 259 g/mol. The van der Waals surface area contributed by atoms with Crippen molar-refractivity contribution in [1.29, 1.82) is 0 Å². The summed E-state index contributed by atoms with van der Waals surface area (Å²) in [5.41, 5.74) is 0.687. The highest BCUT2D eigenvalue weighted by atomic mass is 19.4. The van der Waals surface area contributed by atoms with E-state index < -0.39 is 11.9 Å². The van der Waals surface area contributed by atoms with E-state index in [2.05, 4.69) is 15.6 Å². The van der Waals surface area contributed by atoms with Gasteiger partial charge in [-0.2, -0.15) is 13.2 Å². The van der Waals surface area contributed by atoms with Gasteiger partial charge in [-0.25, -0.2) is 0 Å². The minimum atomic E-state index is -4.37. The summed E-state index contributed by atoms with van der Waals surface area (Å²) >= 11 is 0. The number of pyridine rings is 1. The SMILES string of the molecule is Cc1cc(C(F)(F)F)ncc1CC1CNCCN1. The molecule has 0 spiro atoms. The van der Waals surface area contributed by atoms with E-state index >= 15 is 0 Å². The molecular weight excluding hydrogens is 243 g/mol. The number of rotatable bonds is 2. The van der Waals surface area contributed by atoms with Crippen LogP contribution >= 0.6 is 0 Å². The Bertz CT molecular complexity index is 412. The van der Waals surface area contributed by atoms with Crippen molar-refractivity contribution in [3.8, 4) is 0 Å². The van der Waals surface area contributed by atoms with E-state index in [4.69, 9.17) is 0 Å². The molecule has 0 radical (unpaired) electrons. The Balaban J connectivity index is 2.09. The van der Waals surface area contributed by atoms with Gasteiger partial charge >= 0.3 is 6.18 Å². The first-order valence-corrected chi connectivity index (χ1v) is 5.93. The molecular formula is C12H16F3N3. The molecule has 1 fully saturated rings. The smallest absolute Gasteiger partial charge is 0.314 e. The molecule has 1 unspecified atom stereocenters. The molecule has 0 saturated carbocycles. The lowest BCUT2D eigenvalue weighted by atomic mass is 10.0. The zero-order chi connectivity index (χ0) is 13.2. The van der Waals surface area contributed by atoms with Gasteiger partial charge in [-0.05, 0) is 30.5 Å². The van der Waals surface area contributed by atoms with E-state index in [-0.39, 0.29) is 6.04 Å². The molecule has 1 aromatic rings. The molecule has 2 rings (SSSR count). The summed E-state index contributed by atoms with van der Waals surface area (Å²) in [5, 5.41) is 6.57. The molecule has 18 heavy (non-hydrogen) atoms. The summed E-state index contributed by atoms with van der Waals surface area (Å²) in [6.45, 7) is 4.35. The standard InChI is InChI=1S/C12H16F3N3/c1-8-4-11(12(13,14)15)18-6-9(8)5-10-7-16-2-3-17-10/h4,6,10,16-17H,2-3,5,7H2,1H3. The van der Waals surface area contributed by atoms with Gasteiger partial charge in [0.2, 0.25) is 0 Å². The minimum absolute atomic E-state index is 0.260. The van der Waals surface area contributed by atoms with Crippen LogP contribution in [0.2, 0.25) is 0 Å². The third kappa shape index (κ3) is 3.20. The number of nitrogens with one attached hydrogen (secondary N) is 2. The molecule has 6 heteroatoms. The van der Waals surface area contributed by atoms with E-state index in [1.807, 2.05) is 0 Å². The molecule has 0 amide bonds. The van der Waals surface area contributed by atoms with E-state index in [1.165, 1.54) is 6.20 Å². The van der Waals surface area contributed by atoms with Gasteiger partial charge in [0.15, 0.2) is 0 Å². The van der Waals surface area contributed by atoms with E-state index in [0.717, 1.165) is 31.3 Å². The lowest BCUT2D eigenvalue weighted by molar-refractivity contribution is -0.141. The Morgan fingerprint density at radius 3 is 2.72 bits per heavy atom. The molecule has 0 aliphatic carbocycles. The lowest BCUT2D eigenvalue weighted by Crippen LogP contribution is -2.49. The molecule has 1 atom stereocenters. The average Bonchev–Trinajstić information content (AvgIpc) is 2.32. The first-order valence-electron chi connectivity index (χ1n) is 5.93. The van der Waals surface area contributed by atoms with E-state index in [0.29, 0.717) is 12.0 Å². The molecule has 1 aromatic heterocycles. The second-order valence-corrected chi connectivity index (χ2v) is 4.55. The number of hydrogen-bond acceptors (Lipinski definition) is 3. The van der Waals surface area contributed by atoms with Gasteiger partial charge in [0.25, 0.3) is 0 Å². The van der Waals surface area contributed by atoms with Crippen molar-refractivity contribution < 1.29 is 13.2 Å². The first kappa shape index (κ1) is 13.3. The van der Waals surface area contributed by atoms with E-state index in [9.17, 15) is 13.2 Å². The summed E-state index contributed by atoms with van der Waals surface area (Å²) in [6.07, 6.45) is -2.33. The largest absolute Gasteiger partial charge is 0.433 e. The van der Waals surface area contributed by atoms with Gasteiger partial charge in [0.1, 0.15) is 5.69 Å². The fraction of sp³-hybridized carbons (Fsp3) is 0.583. The number of hydrogen-bond donors (Lipinski definition) is 2. The predicted molar refractivity (Wildman–Crippen MR) is 62.3 cm³/mol. The van der Waals surface area contributed by atoms with Crippen LogP contribution in [0.25, 0.3) is 0 Å². The highest BCUT2D eigenvalue weighted by Crippen LogP contribution is 2.28. The number of halogens is 3. The minimum Gasteiger partial charge on any atom is -0.314 e. The molecule has 1 saturated heterocycles. The fourth-order valence-corrected chi connectivity index (χ4v) is 2.08. The van der Waals surface area contributed by atoms with Crippen LogP contribution in [0, 0.1) is 6.92 Å². The van der Waals surface area contributed by atoms with Crippen molar-refractivity contribution in [2.24, 2.45) is 0 Å². The second-order valence-electron chi connectivity index (χ2n) is 4.55. The Morgan fingerprint density at radius 2 is 2.17 bits per heavy atom. The van der Waals surface area contributed by atoms with Gasteiger partial charge in [0, 0.05) is 31.9 Å². The maximum atomic E-state index is 12.5. The average molecular weight is 259 g/mol. The highest BCUT2D eigenvalue weighted by Gasteiger charge is 2.32. The molecule has 2 heterocycles. The van der Waals surface area contributed by atoms with Gasteiger partial charge in [0.05, 0.1) is 0 Å². The lowest BCUT2D eigenvalue weighted by Gasteiger charge is -2.25. The number of aryl methyl sites for hydroxylation is 1. The number of alkyl halides is 3. The Hall–Kier alpha value is -1.14. The Morgan fingerprint density at radius 1 is 1.39 bits per heavy atom. The summed E-state index contributed by atoms with van der Waals surface area (Å²) in [6, 6.07) is 1.38. The van der Waals surface area contributed by atoms with Crippen LogP contribution in [-0.2, 0) is 12.6 Å². The molecule has 1 aliphatic rings. The van der Waals surface area contributed by atoms with Crippen LogP contribution in [0.5, 0.6) is 0 Å². The van der Waals surface area contributed by atoms with Crippen LogP contribution in [0.4, 0.5) is 13.2 Å². The molecule has 100 valence electrons. The molecule has 0 aromatic carbocycles. The highest BCUT2D eigenvalue weighted by molar-refractivity contribution is 5.27. The van der Waals surface area contributed by atoms with Crippen LogP contribution in [0.1, 0.15) is 16.8 Å². The summed E-state index contributed by atoms with van der Waals surface area (Å²) < 4.78 is 37.4. The van der Waals surface area contributed by atoms with Crippen LogP contribution in [0.15, 0.2) is 12.3 Å². The van der Waals surface area contributed by atoms with Crippen molar-refractivity contribution in [3.63, 3.8) is 0 Å². The van der Waals surface area contributed by atoms with Crippen LogP contribution in [-0.4, -0.2) is 30.7 Å². The van der Waals surface area contributed by atoms with Crippen molar-refractivity contribution in [3.05, 3.63) is 29.1 Å². The Labute approximate surface area is 104 Å². The first-order chi connectivity index (χ1) is 8.47. The third-order valence-electron chi connectivity index (χ3n) is 3.10. The van der Waals surface area contributed by atoms with Crippen LogP contribution < -0.4 is 10.6 Å². The maximum Gasteiger partial charge on any atom is 0.433 e. The maximum absolute atomic E-state index is 12.5. The molecule has 2 N–H and O–H groups in total. The van der Waals surface area contributed by atoms with Crippen LogP contribution in [0.3, 0.4) is 0 Å². The number of piperazine rings is 1. The van der Waals surface area contributed by atoms with Gasteiger partial charge in [-0.3, -0.25) is 4.98 Å². The van der Waals surface area contributed by atoms with Gasteiger partial charge < -0.3 is 10.6 Å². The third-order valence-corrected chi connectivity index (χ3v) is 3.10. The van der Waals surface area contributed by atoms with Crippen molar-refractivity contribution >= 4 is 0 Å². The topological polar surface area (TPSA) is 37.0 Å². The molecule has 1 aliphatic heterocycles. The molecule has 0 bridgehead atoms. The van der Waals surface area contributed by atoms with Crippen molar-refractivity contribution in [2.45, 2.75) is 25.6 Å². The quantitative estimate of drug-likeness (QED) is 0.845. The van der Waals surface area contributed by atoms with Gasteiger partial charge in [-0.1, -0.05) is 0 Å². The zero-order valence-corrected chi connectivity index (χ0v) is 10.1. The number of aromatic nitrogens is 1.